The summed E-state index contributed by atoms with van der Waals surface area (Å²) in [5.41, 5.74) is 9.20. The summed E-state index contributed by atoms with van der Waals surface area (Å²) in [5, 5.41) is 1.08. The van der Waals surface area contributed by atoms with Crippen molar-refractivity contribution in [2.45, 2.75) is 25.3 Å². The average molecular weight is 239 g/mol. The number of nitrogens with two attached hydrogens (primary N) is 1. The molecule has 1 aromatic heterocycles. The second kappa shape index (κ2) is 3.61. The second-order valence-corrected chi connectivity index (χ2v) is 5.56. The van der Waals surface area contributed by atoms with E-state index in [1.807, 2.05) is 18.3 Å². The molecule has 2 unspecified atom stereocenters. The van der Waals surface area contributed by atoms with E-state index in [1.165, 1.54) is 31.5 Å². The quantitative estimate of drug-likeness (QED) is 0.778. The van der Waals surface area contributed by atoms with E-state index in [-0.39, 0.29) is 0 Å². The lowest BCUT2D eigenvalue weighted by atomic mass is 10.1. The molecular weight excluding hydrogens is 222 g/mol. The van der Waals surface area contributed by atoms with Gasteiger partial charge in [-0.3, -0.25) is 4.98 Å². The minimum atomic E-state index is 0.726. The van der Waals surface area contributed by atoms with Crippen molar-refractivity contribution in [3.05, 3.63) is 30.5 Å². The van der Waals surface area contributed by atoms with Crippen LogP contribution in [0.4, 0.5) is 11.4 Å². The summed E-state index contributed by atoms with van der Waals surface area (Å²) >= 11 is 0. The van der Waals surface area contributed by atoms with Crippen LogP contribution in [0.2, 0.25) is 0 Å². The smallest absolute Gasteiger partial charge is 0.0956 e. The molecule has 2 N–H and O–H groups in total. The van der Waals surface area contributed by atoms with Gasteiger partial charge >= 0.3 is 0 Å². The number of pyridine rings is 1. The number of rotatable bonds is 1. The van der Waals surface area contributed by atoms with Gasteiger partial charge in [-0.05, 0) is 49.4 Å². The number of piperidine rings is 1. The zero-order chi connectivity index (χ0) is 12.1. The van der Waals surface area contributed by atoms with E-state index in [0.29, 0.717) is 0 Å². The highest BCUT2D eigenvalue weighted by molar-refractivity contribution is 5.98. The van der Waals surface area contributed by atoms with Crippen molar-refractivity contribution in [2.75, 3.05) is 17.2 Å². The van der Waals surface area contributed by atoms with Gasteiger partial charge in [0.2, 0.25) is 0 Å². The fourth-order valence-electron chi connectivity index (χ4n) is 3.63. The standard InChI is InChI=1S/C15H17N3/c16-13-5-6-14(15-12(13)2-1-7-17-15)18-9-10-3-4-11(18)8-10/h1-2,5-7,10-11H,3-4,8-9,16H2. The molecule has 2 heterocycles. The number of hydrogen-bond donors (Lipinski definition) is 1. The molecule has 1 aliphatic carbocycles. The summed E-state index contributed by atoms with van der Waals surface area (Å²) in [5.74, 6) is 0.895. The summed E-state index contributed by atoms with van der Waals surface area (Å²) in [6, 6.07) is 8.91. The van der Waals surface area contributed by atoms with Crippen molar-refractivity contribution in [3.63, 3.8) is 0 Å². The summed E-state index contributed by atoms with van der Waals surface area (Å²) < 4.78 is 0. The average Bonchev–Trinajstić information content (AvgIpc) is 3.02. The SMILES string of the molecule is Nc1ccc(N2CC3CCC2C3)c2ncccc12. The highest BCUT2D eigenvalue weighted by Crippen LogP contribution is 2.42. The first-order valence-corrected chi connectivity index (χ1v) is 6.73. The molecule has 2 bridgehead atoms. The molecule has 4 rings (SSSR count). The fraction of sp³-hybridized carbons (Fsp3) is 0.400. The molecule has 2 aliphatic rings. The summed E-state index contributed by atoms with van der Waals surface area (Å²) in [6.45, 7) is 1.19. The van der Waals surface area contributed by atoms with Gasteiger partial charge in [0, 0.05) is 29.9 Å². The second-order valence-electron chi connectivity index (χ2n) is 5.56. The highest BCUT2D eigenvalue weighted by atomic mass is 15.2. The first-order valence-electron chi connectivity index (χ1n) is 6.73. The molecular formula is C15H17N3. The topological polar surface area (TPSA) is 42.1 Å². The molecule has 3 heteroatoms. The number of aromatic nitrogens is 1. The Bertz CT molecular complexity index is 608. The van der Waals surface area contributed by atoms with Crippen LogP contribution in [-0.2, 0) is 0 Å². The van der Waals surface area contributed by atoms with Crippen LogP contribution in [0.5, 0.6) is 0 Å². The van der Waals surface area contributed by atoms with Crippen LogP contribution < -0.4 is 10.6 Å². The minimum Gasteiger partial charge on any atom is -0.398 e. The van der Waals surface area contributed by atoms with Crippen LogP contribution in [0, 0.1) is 5.92 Å². The van der Waals surface area contributed by atoms with Crippen LogP contribution >= 0.6 is 0 Å². The number of hydrogen-bond acceptors (Lipinski definition) is 3. The number of fused-ring (bicyclic) bond motifs is 3. The van der Waals surface area contributed by atoms with Crippen LogP contribution in [0.3, 0.4) is 0 Å². The third-order valence-corrected chi connectivity index (χ3v) is 4.50. The third kappa shape index (κ3) is 1.33. The molecule has 1 saturated carbocycles. The molecule has 3 nitrogen and oxygen atoms in total. The van der Waals surface area contributed by atoms with Gasteiger partial charge in [-0.1, -0.05) is 0 Å². The lowest BCUT2D eigenvalue weighted by Gasteiger charge is -2.30. The Kier molecular flexibility index (Phi) is 2.04. The Labute approximate surface area is 107 Å². The Morgan fingerprint density at radius 2 is 2.17 bits per heavy atom. The molecule has 92 valence electrons. The van der Waals surface area contributed by atoms with Crippen LogP contribution in [0.15, 0.2) is 30.5 Å². The number of nitrogen functional groups attached to an aromatic ring is 1. The van der Waals surface area contributed by atoms with Crippen molar-refractivity contribution in [2.24, 2.45) is 5.92 Å². The Hall–Kier alpha value is -1.77. The molecule has 18 heavy (non-hydrogen) atoms. The van der Waals surface area contributed by atoms with Gasteiger partial charge in [0.25, 0.3) is 0 Å². The lowest BCUT2D eigenvalue weighted by molar-refractivity contribution is 0.554. The van der Waals surface area contributed by atoms with Gasteiger partial charge in [-0.2, -0.15) is 0 Å². The van der Waals surface area contributed by atoms with Crippen molar-refractivity contribution in [3.8, 4) is 0 Å². The zero-order valence-corrected chi connectivity index (χ0v) is 10.3. The first kappa shape index (κ1) is 10.2. The molecule has 0 amide bonds. The van der Waals surface area contributed by atoms with E-state index >= 15 is 0 Å². The highest BCUT2D eigenvalue weighted by Gasteiger charge is 2.38. The molecule has 2 fully saturated rings. The summed E-state index contributed by atoms with van der Waals surface area (Å²) in [7, 11) is 0. The van der Waals surface area contributed by atoms with E-state index in [1.54, 1.807) is 0 Å². The van der Waals surface area contributed by atoms with Gasteiger partial charge in [0.05, 0.1) is 11.2 Å². The maximum absolute atomic E-state index is 6.04. The van der Waals surface area contributed by atoms with Gasteiger partial charge < -0.3 is 10.6 Å². The van der Waals surface area contributed by atoms with Crippen molar-refractivity contribution in [1.29, 1.82) is 0 Å². The van der Waals surface area contributed by atoms with E-state index in [0.717, 1.165) is 28.6 Å². The first-order chi connectivity index (χ1) is 8.83. The molecule has 1 saturated heterocycles. The van der Waals surface area contributed by atoms with Crippen LogP contribution in [0.25, 0.3) is 10.9 Å². The van der Waals surface area contributed by atoms with Crippen LogP contribution in [-0.4, -0.2) is 17.6 Å². The van der Waals surface area contributed by atoms with E-state index in [2.05, 4.69) is 22.0 Å². The summed E-state index contributed by atoms with van der Waals surface area (Å²) in [4.78, 5) is 7.09. The van der Waals surface area contributed by atoms with Gasteiger partial charge in [0.15, 0.2) is 0 Å². The Morgan fingerprint density at radius 3 is 2.94 bits per heavy atom. The molecule has 0 spiro atoms. The molecule has 1 aliphatic heterocycles. The minimum absolute atomic E-state index is 0.726. The maximum atomic E-state index is 6.04. The molecule has 2 aromatic rings. The predicted octanol–water partition coefficient (Wildman–Crippen LogP) is 2.81. The third-order valence-electron chi connectivity index (χ3n) is 4.50. The van der Waals surface area contributed by atoms with Crippen LogP contribution in [0.1, 0.15) is 19.3 Å². The molecule has 1 aromatic carbocycles. The maximum Gasteiger partial charge on any atom is 0.0956 e. The van der Waals surface area contributed by atoms with Crippen molar-refractivity contribution in [1.82, 2.24) is 4.98 Å². The van der Waals surface area contributed by atoms with E-state index < -0.39 is 0 Å². The van der Waals surface area contributed by atoms with Crippen molar-refractivity contribution >= 4 is 22.3 Å². The summed E-state index contributed by atoms with van der Waals surface area (Å²) in [6.07, 6.45) is 5.96. The number of benzene rings is 1. The van der Waals surface area contributed by atoms with Crippen molar-refractivity contribution < 1.29 is 0 Å². The van der Waals surface area contributed by atoms with E-state index in [4.69, 9.17) is 5.73 Å². The predicted molar refractivity (Wildman–Crippen MR) is 74.6 cm³/mol. The Balaban J connectivity index is 1.88. The zero-order valence-electron chi connectivity index (χ0n) is 10.3. The lowest BCUT2D eigenvalue weighted by Crippen LogP contribution is -2.32. The van der Waals surface area contributed by atoms with Gasteiger partial charge in [0.1, 0.15) is 0 Å². The monoisotopic (exact) mass is 239 g/mol. The molecule has 0 radical (unpaired) electrons. The van der Waals surface area contributed by atoms with Gasteiger partial charge in [-0.25, -0.2) is 0 Å². The largest absolute Gasteiger partial charge is 0.398 e. The van der Waals surface area contributed by atoms with E-state index in [9.17, 15) is 0 Å². The number of nitrogens with zero attached hydrogens (tertiary/aromatic N) is 2. The van der Waals surface area contributed by atoms with Gasteiger partial charge in [-0.15, -0.1) is 0 Å². The number of anilines is 2. The molecule has 2 atom stereocenters. The fourth-order valence-corrected chi connectivity index (χ4v) is 3.63. The normalized spacial score (nSPS) is 26.1. The Morgan fingerprint density at radius 1 is 1.22 bits per heavy atom.